The summed E-state index contributed by atoms with van der Waals surface area (Å²) in [7, 11) is 3.28. The predicted molar refractivity (Wildman–Crippen MR) is 114 cm³/mol. The lowest BCUT2D eigenvalue weighted by Gasteiger charge is -2.14. The van der Waals surface area contributed by atoms with Gasteiger partial charge >= 0.3 is 0 Å². The number of nitrogens with zero attached hydrogens (tertiary/aromatic N) is 6. The maximum absolute atomic E-state index is 12.9. The van der Waals surface area contributed by atoms with Gasteiger partial charge < -0.3 is 15.3 Å². The number of nitrogens with one attached hydrogen (secondary N) is 1. The number of aromatic hydroxyl groups is 1. The van der Waals surface area contributed by atoms with Gasteiger partial charge in [-0.1, -0.05) is 12.1 Å². The second-order valence-electron chi connectivity index (χ2n) is 7.01. The van der Waals surface area contributed by atoms with Crippen LogP contribution < -0.4 is 5.32 Å². The zero-order chi connectivity index (χ0) is 22.1. The van der Waals surface area contributed by atoms with Crippen molar-refractivity contribution in [3.8, 4) is 17.1 Å². The standard InChI is InChI=1S/C21H21N7O3/c1-4-26(2)21(31)16-12-22-27(3)18(16)20(30)23-14-8-9-28-17(11-14)24-19(25-28)13-6-5-7-15(29)10-13/h5-12,29H,4H2,1-3H3,(H,23,30). The summed E-state index contributed by atoms with van der Waals surface area (Å²) in [6, 6.07) is 10.0. The number of aromatic nitrogens is 5. The number of amides is 2. The maximum atomic E-state index is 12.9. The summed E-state index contributed by atoms with van der Waals surface area (Å²) in [6.45, 7) is 2.37. The summed E-state index contributed by atoms with van der Waals surface area (Å²) in [4.78, 5) is 31.5. The van der Waals surface area contributed by atoms with E-state index in [-0.39, 0.29) is 22.9 Å². The highest BCUT2D eigenvalue weighted by atomic mass is 16.3. The molecule has 0 bridgehead atoms. The molecular formula is C21H21N7O3. The molecule has 10 nitrogen and oxygen atoms in total. The van der Waals surface area contributed by atoms with Crippen molar-refractivity contribution in [1.29, 1.82) is 0 Å². The SMILES string of the molecule is CCN(C)C(=O)c1cnn(C)c1C(=O)Nc1ccn2nc(-c3cccc(O)c3)nc2c1. The largest absolute Gasteiger partial charge is 0.508 e. The Morgan fingerprint density at radius 1 is 1.23 bits per heavy atom. The van der Waals surface area contributed by atoms with Crippen LogP contribution >= 0.6 is 0 Å². The molecule has 0 unspecified atom stereocenters. The van der Waals surface area contributed by atoms with Gasteiger partial charge in [0.25, 0.3) is 11.8 Å². The molecule has 3 heterocycles. The van der Waals surface area contributed by atoms with E-state index in [0.29, 0.717) is 29.3 Å². The van der Waals surface area contributed by atoms with Gasteiger partial charge in [-0.2, -0.15) is 5.10 Å². The third kappa shape index (κ3) is 3.82. The van der Waals surface area contributed by atoms with E-state index in [9.17, 15) is 14.7 Å². The number of fused-ring (bicyclic) bond motifs is 1. The molecule has 1 aromatic carbocycles. The van der Waals surface area contributed by atoms with Crippen molar-refractivity contribution in [2.24, 2.45) is 7.05 Å². The number of carbonyl (C=O) groups is 2. The summed E-state index contributed by atoms with van der Waals surface area (Å²) in [6.07, 6.45) is 3.07. The van der Waals surface area contributed by atoms with Crippen molar-refractivity contribution >= 4 is 23.1 Å². The molecule has 2 amide bonds. The Kier molecular flexibility index (Phi) is 5.12. The van der Waals surface area contributed by atoms with Crippen molar-refractivity contribution in [3.05, 3.63) is 60.0 Å². The van der Waals surface area contributed by atoms with Gasteiger partial charge in [0, 0.05) is 44.2 Å². The maximum Gasteiger partial charge on any atom is 0.274 e. The number of benzene rings is 1. The minimum absolute atomic E-state index is 0.125. The molecule has 4 rings (SSSR count). The lowest BCUT2D eigenvalue weighted by Crippen LogP contribution is -2.29. The molecule has 158 valence electrons. The van der Waals surface area contributed by atoms with Crippen molar-refractivity contribution in [1.82, 2.24) is 29.3 Å². The minimum Gasteiger partial charge on any atom is -0.508 e. The zero-order valence-corrected chi connectivity index (χ0v) is 17.3. The molecule has 3 aromatic heterocycles. The number of hydrogen-bond acceptors (Lipinski definition) is 6. The monoisotopic (exact) mass is 419 g/mol. The van der Waals surface area contributed by atoms with Crippen LogP contribution in [0, 0.1) is 0 Å². The molecule has 0 aliphatic rings. The Morgan fingerprint density at radius 3 is 2.77 bits per heavy atom. The van der Waals surface area contributed by atoms with Crippen LogP contribution in [-0.2, 0) is 7.05 Å². The molecule has 0 saturated heterocycles. The molecular weight excluding hydrogens is 398 g/mol. The number of pyridine rings is 1. The minimum atomic E-state index is -0.454. The first-order chi connectivity index (χ1) is 14.9. The first kappa shape index (κ1) is 20.1. The number of hydrogen-bond donors (Lipinski definition) is 2. The van der Waals surface area contributed by atoms with E-state index in [1.807, 2.05) is 6.92 Å². The van der Waals surface area contributed by atoms with Gasteiger partial charge in [-0.15, -0.1) is 5.10 Å². The van der Waals surface area contributed by atoms with Crippen molar-refractivity contribution in [3.63, 3.8) is 0 Å². The molecule has 10 heteroatoms. The van der Waals surface area contributed by atoms with Crippen LogP contribution in [0.5, 0.6) is 5.75 Å². The van der Waals surface area contributed by atoms with Crippen LogP contribution in [0.1, 0.15) is 27.8 Å². The van der Waals surface area contributed by atoms with Crippen LogP contribution in [-0.4, -0.2) is 59.8 Å². The Bertz CT molecular complexity index is 1290. The van der Waals surface area contributed by atoms with Crippen molar-refractivity contribution in [2.75, 3.05) is 18.9 Å². The normalized spacial score (nSPS) is 10.9. The molecule has 0 saturated carbocycles. The van der Waals surface area contributed by atoms with Gasteiger partial charge in [-0.25, -0.2) is 9.50 Å². The number of anilines is 1. The topological polar surface area (TPSA) is 118 Å². The molecule has 2 N–H and O–H groups in total. The van der Waals surface area contributed by atoms with Gasteiger partial charge in [0.1, 0.15) is 11.4 Å². The fourth-order valence-electron chi connectivity index (χ4n) is 3.13. The quantitative estimate of drug-likeness (QED) is 0.512. The fourth-order valence-corrected chi connectivity index (χ4v) is 3.13. The van der Waals surface area contributed by atoms with E-state index in [1.54, 1.807) is 61.2 Å². The van der Waals surface area contributed by atoms with Gasteiger partial charge in [-0.05, 0) is 25.1 Å². The van der Waals surface area contributed by atoms with Crippen LogP contribution in [0.15, 0.2) is 48.8 Å². The molecule has 0 radical (unpaired) electrons. The smallest absolute Gasteiger partial charge is 0.274 e. The predicted octanol–water partition coefficient (Wildman–Crippen LogP) is 2.18. The summed E-state index contributed by atoms with van der Waals surface area (Å²) in [5.74, 6) is -0.157. The van der Waals surface area contributed by atoms with Crippen molar-refractivity contribution < 1.29 is 14.7 Å². The van der Waals surface area contributed by atoms with Gasteiger partial charge in [0.2, 0.25) is 0 Å². The molecule has 31 heavy (non-hydrogen) atoms. The average molecular weight is 419 g/mol. The fraction of sp³-hybridized carbons (Fsp3) is 0.190. The highest BCUT2D eigenvalue weighted by Crippen LogP contribution is 2.22. The second kappa shape index (κ2) is 7.90. The van der Waals surface area contributed by atoms with Gasteiger partial charge in [0.15, 0.2) is 11.5 Å². The van der Waals surface area contributed by atoms with E-state index in [1.165, 1.54) is 15.8 Å². The van der Waals surface area contributed by atoms with E-state index in [2.05, 4.69) is 20.5 Å². The van der Waals surface area contributed by atoms with Crippen LogP contribution in [0.3, 0.4) is 0 Å². The summed E-state index contributed by atoms with van der Waals surface area (Å²) >= 11 is 0. The van der Waals surface area contributed by atoms with E-state index < -0.39 is 5.91 Å². The lowest BCUT2D eigenvalue weighted by molar-refractivity contribution is 0.0796. The highest BCUT2D eigenvalue weighted by molar-refractivity contribution is 6.11. The summed E-state index contributed by atoms with van der Waals surface area (Å²) in [5, 5.41) is 20.9. The van der Waals surface area contributed by atoms with Crippen LogP contribution in [0.2, 0.25) is 0 Å². The Hall–Kier alpha value is -4.21. The Morgan fingerprint density at radius 2 is 2.03 bits per heavy atom. The molecule has 0 aliphatic carbocycles. The van der Waals surface area contributed by atoms with Crippen molar-refractivity contribution in [2.45, 2.75) is 6.92 Å². The van der Waals surface area contributed by atoms with Crippen LogP contribution in [0.25, 0.3) is 17.0 Å². The molecule has 4 aromatic rings. The average Bonchev–Trinajstić information content (AvgIpc) is 3.35. The third-order valence-electron chi connectivity index (χ3n) is 4.91. The first-order valence-corrected chi connectivity index (χ1v) is 9.62. The number of phenols is 1. The number of carbonyl (C=O) groups excluding carboxylic acids is 2. The zero-order valence-electron chi connectivity index (χ0n) is 17.3. The summed E-state index contributed by atoms with van der Waals surface area (Å²) in [5.41, 5.74) is 2.09. The number of rotatable bonds is 5. The number of phenolic OH excluding ortho intramolecular Hbond substituents is 1. The molecule has 0 fully saturated rings. The van der Waals surface area contributed by atoms with E-state index >= 15 is 0 Å². The molecule has 0 atom stereocenters. The number of aryl methyl sites for hydroxylation is 1. The lowest BCUT2D eigenvalue weighted by atomic mass is 10.2. The summed E-state index contributed by atoms with van der Waals surface area (Å²) < 4.78 is 2.95. The van der Waals surface area contributed by atoms with Gasteiger partial charge in [0.05, 0.1) is 11.8 Å². The first-order valence-electron chi connectivity index (χ1n) is 9.62. The highest BCUT2D eigenvalue weighted by Gasteiger charge is 2.24. The Labute approximate surface area is 177 Å². The Balaban J connectivity index is 1.62. The molecule has 0 spiro atoms. The molecule has 0 aliphatic heterocycles. The van der Waals surface area contributed by atoms with Gasteiger partial charge in [-0.3, -0.25) is 14.3 Å². The van der Waals surface area contributed by atoms with Crippen LogP contribution in [0.4, 0.5) is 5.69 Å². The van der Waals surface area contributed by atoms with E-state index in [4.69, 9.17) is 0 Å². The second-order valence-corrected chi connectivity index (χ2v) is 7.01. The third-order valence-corrected chi connectivity index (χ3v) is 4.91. The van der Waals surface area contributed by atoms with E-state index in [0.717, 1.165) is 0 Å².